The maximum Gasteiger partial charge on any atom is 0.412 e. The molecule has 1 N–H and O–H groups in total. The number of anilines is 1. The van der Waals surface area contributed by atoms with Gasteiger partial charge in [-0.3, -0.25) is 5.32 Å². The van der Waals surface area contributed by atoms with Gasteiger partial charge in [0.2, 0.25) is 0 Å². The Kier molecular flexibility index (Phi) is 7.43. The van der Waals surface area contributed by atoms with Crippen molar-refractivity contribution in [3.8, 4) is 21.6 Å². The number of nitrogens with zero attached hydrogens (tertiary/aromatic N) is 1. The van der Waals surface area contributed by atoms with E-state index >= 15 is 0 Å². The molecule has 5 heteroatoms. The van der Waals surface area contributed by atoms with Crippen molar-refractivity contribution in [3.05, 3.63) is 95.7 Å². The zero-order valence-corrected chi connectivity index (χ0v) is 20.9. The van der Waals surface area contributed by atoms with E-state index in [0.717, 1.165) is 33.7 Å². The number of aromatic nitrogens is 1. The standard InChI is InChI=1S/C29H30N2O2S/c1-5-19(2)22-11-13-24(14-12-22)25-15-17-26(18-16-25)28-27(20(3)31-34-28)30-29(32)33-21(4)23-9-7-6-8-10-23/h6-19,21H,5H2,1-4H3,(H,30,32)/t19?,21-/m1/s1. The molecule has 34 heavy (non-hydrogen) atoms. The fraction of sp³-hybridized carbons (Fsp3) is 0.241. The van der Waals surface area contributed by atoms with E-state index in [2.05, 4.69) is 72.1 Å². The van der Waals surface area contributed by atoms with Crippen molar-refractivity contribution in [2.24, 2.45) is 0 Å². The molecular formula is C29H30N2O2S. The van der Waals surface area contributed by atoms with Crippen LogP contribution in [0, 0.1) is 6.92 Å². The summed E-state index contributed by atoms with van der Waals surface area (Å²) >= 11 is 1.38. The Morgan fingerprint density at radius 2 is 1.47 bits per heavy atom. The summed E-state index contributed by atoms with van der Waals surface area (Å²) in [5, 5.41) is 2.91. The highest BCUT2D eigenvalue weighted by molar-refractivity contribution is 7.10. The van der Waals surface area contributed by atoms with Crippen LogP contribution in [0.5, 0.6) is 0 Å². The van der Waals surface area contributed by atoms with Gasteiger partial charge in [0.05, 0.1) is 16.3 Å². The molecule has 1 amide bonds. The van der Waals surface area contributed by atoms with Gasteiger partial charge in [-0.1, -0.05) is 92.7 Å². The number of amides is 1. The number of ether oxygens (including phenoxy) is 1. The minimum Gasteiger partial charge on any atom is -0.441 e. The van der Waals surface area contributed by atoms with E-state index in [1.165, 1.54) is 22.7 Å². The average molecular weight is 471 g/mol. The molecule has 0 saturated carbocycles. The Hall–Kier alpha value is -3.44. The van der Waals surface area contributed by atoms with Crippen LogP contribution in [-0.2, 0) is 4.74 Å². The lowest BCUT2D eigenvalue weighted by Crippen LogP contribution is -2.16. The topological polar surface area (TPSA) is 51.2 Å². The molecule has 4 rings (SSSR count). The van der Waals surface area contributed by atoms with Crippen LogP contribution in [0.25, 0.3) is 21.6 Å². The molecule has 1 unspecified atom stereocenters. The first-order valence-electron chi connectivity index (χ1n) is 11.7. The molecule has 0 fully saturated rings. The molecule has 0 aliphatic carbocycles. The second-order valence-corrected chi connectivity index (χ2v) is 9.34. The number of carbonyl (C=O) groups excluding carboxylic acids is 1. The molecular weight excluding hydrogens is 440 g/mol. The predicted molar refractivity (Wildman–Crippen MR) is 141 cm³/mol. The second-order valence-electron chi connectivity index (χ2n) is 8.56. The Morgan fingerprint density at radius 3 is 2.09 bits per heavy atom. The van der Waals surface area contributed by atoms with Crippen LogP contribution in [0.4, 0.5) is 10.5 Å². The maximum atomic E-state index is 12.6. The molecule has 174 valence electrons. The normalized spacial score (nSPS) is 12.7. The van der Waals surface area contributed by atoms with Crippen LogP contribution in [-0.4, -0.2) is 10.5 Å². The van der Waals surface area contributed by atoms with Gasteiger partial charge in [0.15, 0.2) is 0 Å². The lowest BCUT2D eigenvalue weighted by atomic mass is 9.95. The summed E-state index contributed by atoms with van der Waals surface area (Å²) in [5.74, 6) is 0.569. The number of hydrogen-bond acceptors (Lipinski definition) is 4. The number of rotatable bonds is 7. The van der Waals surface area contributed by atoms with Gasteiger partial charge in [0, 0.05) is 0 Å². The van der Waals surface area contributed by atoms with Crippen LogP contribution in [0.1, 0.15) is 56.0 Å². The molecule has 0 spiro atoms. The molecule has 0 radical (unpaired) electrons. The van der Waals surface area contributed by atoms with E-state index in [1.54, 1.807) is 0 Å². The zero-order chi connectivity index (χ0) is 24.1. The molecule has 2 atom stereocenters. The molecule has 4 nitrogen and oxygen atoms in total. The summed E-state index contributed by atoms with van der Waals surface area (Å²) < 4.78 is 10.1. The van der Waals surface area contributed by atoms with Crippen LogP contribution >= 0.6 is 11.5 Å². The van der Waals surface area contributed by atoms with E-state index < -0.39 is 6.09 Å². The SMILES string of the molecule is CCC(C)c1ccc(-c2ccc(-c3snc(C)c3NC(=O)O[C@H](C)c3ccccc3)cc2)cc1. The van der Waals surface area contributed by atoms with Crippen molar-refractivity contribution in [3.63, 3.8) is 0 Å². The second kappa shape index (κ2) is 10.7. The number of aryl methyl sites for hydroxylation is 1. The first kappa shape index (κ1) is 23.7. The third-order valence-corrected chi connectivity index (χ3v) is 7.20. The van der Waals surface area contributed by atoms with E-state index in [0.29, 0.717) is 11.6 Å². The highest BCUT2D eigenvalue weighted by Crippen LogP contribution is 2.36. The first-order valence-corrected chi connectivity index (χ1v) is 12.4. The molecule has 1 heterocycles. The Morgan fingerprint density at radius 1 is 0.882 bits per heavy atom. The Bertz CT molecular complexity index is 1230. The van der Waals surface area contributed by atoms with E-state index in [4.69, 9.17) is 4.74 Å². The molecule has 3 aromatic carbocycles. The molecule has 4 aromatic rings. The Labute approximate surface area is 205 Å². The van der Waals surface area contributed by atoms with Crippen molar-refractivity contribution in [1.29, 1.82) is 0 Å². The van der Waals surface area contributed by atoms with Gasteiger partial charge in [-0.05, 0) is 65.5 Å². The van der Waals surface area contributed by atoms with Gasteiger partial charge in [-0.25, -0.2) is 4.79 Å². The van der Waals surface area contributed by atoms with E-state index in [9.17, 15) is 4.79 Å². The van der Waals surface area contributed by atoms with E-state index in [-0.39, 0.29) is 6.10 Å². The van der Waals surface area contributed by atoms with Crippen molar-refractivity contribution in [1.82, 2.24) is 4.37 Å². The summed E-state index contributed by atoms with van der Waals surface area (Å²) in [6.45, 7) is 8.22. The largest absolute Gasteiger partial charge is 0.441 e. The van der Waals surface area contributed by atoms with Crippen LogP contribution < -0.4 is 5.32 Å². The molecule has 0 aliphatic heterocycles. The Balaban J connectivity index is 1.48. The quantitative estimate of drug-likeness (QED) is 0.294. The number of nitrogens with one attached hydrogen (secondary N) is 1. The lowest BCUT2D eigenvalue weighted by Gasteiger charge is -2.15. The zero-order valence-electron chi connectivity index (χ0n) is 20.0. The van der Waals surface area contributed by atoms with Crippen LogP contribution in [0.3, 0.4) is 0 Å². The summed E-state index contributed by atoms with van der Waals surface area (Å²) in [6.07, 6.45) is 0.304. The lowest BCUT2D eigenvalue weighted by molar-refractivity contribution is 0.121. The summed E-state index contributed by atoms with van der Waals surface area (Å²) in [7, 11) is 0. The van der Waals surface area contributed by atoms with Crippen molar-refractivity contribution in [2.45, 2.75) is 46.1 Å². The smallest absolute Gasteiger partial charge is 0.412 e. The third kappa shape index (κ3) is 5.37. The first-order chi connectivity index (χ1) is 16.5. The van der Waals surface area contributed by atoms with Crippen molar-refractivity contribution in [2.75, 3.05) is 5.32 Å². The summed E-state index contributed by atoms with van der Waals surface area (Å²) in [5.41, 5.74) is 7.15. The van der Waals surface area contributed by atoms with Gasteiger partial charge in [0.25, 0.3) is 0 Å². The monoisotopic (exact) mass is 470 g/mol. The third-order valence-electron chi connectivity index (χ3n) is 6.22. The minimum atomic E-state index is -0.487. The van der Waals surface area contributed by atoms with Gasteiger partial charge >= 0.3 is 6.09 Å². The van der Waals surface area contributed by atoms with Crippen molar-refractivity contribution < 1.29 is 9.53 Å². The van der Waals surface area contributed by atoms with Gasteiger partial charge in [-0.2, -0.15) is 4.37 Å². The highest BCUT2D eigenvalue weighted by atomic mass is 32.1. The fourth-order valence-electron chi connectivity index (χ4n) is 3.85. The number of carbonyl (C=O) groups is 1. The van der Waals surface area contributed by atoms with Gasteiger partial charge in [-0.15, -0.1) is 0 Å². The number of benzene rings is 3. The number of hydrogen-bond donors (Lipinski definition) is 1. The summed E-state index contributed by atoms with van der Waals surface area (Å²) in [6, 6.07) is 26.9. The average Bonchev–Trinajstić information content (AvgIpc) is 3.23. The van der Waals surface area contributed by atoms with E-state index in [1.807, 2.05) is 44.2 Å². The molecule has 0 saturated heterocycles. The van der Waals surface area contributed by atoms with Gasteiger partial charge < -0.3 is 4.74 Å². The summed E-state index contributed by atoms with van der Waals surface area (Å²) in [4.78, 5) is 13.5. The van der Waals surface area contributed by atoms with Crippen LogP contribution in [0.15, 0.2) is 78.9 Å². The molecule has 0 bridgehead atoms. The predicted octanol–water partition coefficient (Wildman–Crippen LogP) is 8.61. The van der Waals surface area contributed by atoms with Crippen LogP contribution in [0.2, 0.25) is 0 Å². The minimum absolute atomic E-state index is 0.345. The van der Waals surface area contributed by atoms with Crippen molar-refractivity contribution >= 4 is 23.3 Å². The molecule has 1 aromatic heterocycles. The fourth-order valence-corrected chi connectivity index (χ4v) is 4.70. The molecule has 0 aliphatic rings. The highest BCUT2D eigenvalue weighted by Gasteiger charge is 2.18. The maximum absolute atomic E-state index is 12.6. The van der Waals surface area contributed by atoms with Gasteiger partial charge in [0.1, 0.15) is 6.10 Å².